The summed E-state index contributed by atoms with van der Waals surface area (Å²) in [4.78, 5) is 70.8. The van der Waals surface area contributed by atoms with Crippen LogP contribution in [-0.4, -0.2) is 95.9 Å². The van der Waals surface area contributed by atoms with Gasteiger partial charge in [-0.2, -0.15) is 31.6 Å². The summed E-state index contributed by atoms with van der Waals surface area (Å²) >= 11 is 5.46. The third-order valence-corrected chi connectivity index (χ3v) is 12.5. The van der Waals surface area contributed by atoms with Gasteiger partial charge in [-0.05, 0) is 105 Å². The maximum atomic E-state index is 16.0. The van der Waals surface area contributed by atoms with Crippen molar-refractivity contribution in [3.8, 4) is 23.1 Å². The molecule has 3 aromatic carbocycles. The SMILES string of the molecule is CN(C(=S)N(c1cnc(-c2ccc(OCCCCOCC(=O)NC(C(=O)N3CCC[C@H]3C(=O)NCc3ccc(C(N)=O)cc3)C(C)(C)C)cc2C(F)(F)F)c(F)c1)C(C)(C)C=O)c1ccc(C#N)c(C(F)(F)F)c1F. The molecule has 1 aliphatic heterocycles. The second-order valence-corrected chi connectivity index (χ2v) is 19.4. The van der Waals surface area contributed by atoms with Crippen LogP contribution in [0.5, 0.6) is 5.75 Å². The van der Waals surface area contributed by atoms with Crippen LogP contribution in [0.1, 0.15) is 92.9 Å². The van der Waals surface area contributed by atoms with Crippen molar-refractivity contribution in [2.45, 2.75) is 96.8 Å². The number of nitrogens with zero attached hydrogens (tertiary/aromatic N) is 5. The number of thiocarbonyl (C=S) groups is 1. The fourth-order valence-corrected chi connectivity index (χ4v) is 8.51. The van der Waals surface area contributed by atoms with Gasteiger partial charge in [-0.1, -0.05) is 32.9 Å². The largest absolute Gasteiger partial charge is 0.494 e. The number of benzene rings is 3. The summed E-state index contributed by atoms with van der Waals surface area (Å²) in [7, 11) is 1.06. The summed E-state index contributed by atoms with van der Waals surface area (Å²) in [6, 6.07) is 10.9. The number of primary amides is 1. The summed E-state index contributed by atoms with van der Waals surface area (Å²) in [6.45, 7) is 7.80. The molecule has 2 atom stereocenters. The van der Waals surface area contributed by atoms with Crippen molar-refractivity contribution in [2.24, 2.45) is 11.1 Å². The lowest BCUT2D eigenvalue weighted by molar-refractivity contribution is -0.144. The zero-order chi connectivity index (χ0) is 55.8. The number of unbranched alkanes of at least 4 members (excludes halogenated alkanes) is 1. The van der Waals surface area contributed by atoms with Crippen LogP contribution in [-0.2, 0) is 42.8 Å². The van der Waals surface area contributed by atoms with Crippen molar-refractivity contribution in [1.82, 2.24) is 20.5 Å². The van der Waals surface area contributed by atoms with Crippen LogP contribution in [0.4, 0.5) is 46.5 Å². The predicted octanol–water partition coefficient (Wildman–Crippen LogP) is 8.25. The van der Waals surface area contributed by atoms with E-state index in [4.69, 9.17) is 32.7 Å². The highest BCUT2D eigenvalue weighted by Gasteiger charge is 2.43. The molecule has 1 aromatic heterocycles. The summed E-state index contributed by atoms with van der Waals surface area (Å²) in [5, 5.41) is 14.2. The third kappa shape index (κ3) is 14.3. The molecule has 2 heterocycles. The molecule has 4 aromatic rings. The molecule has 75 heavy (non-hydrogen) atoms. The molecule has 0 bridgehead atoms. The molecule has 0 aliphatic carbocycles. The summed E-state index contributed by atoms with van der Waals surface area (Å²) in [6.07, 6.45) is -7.59. The quantitative estimate of drug-likeness (QED) is 0.0352. The van der Waals surface area contributed by atoms with E-state index in [2.05, 4.69) is 15.6 Å². The van der Waals surface area contributed by atoms with E-state index in [1.165, 1.54) is 24.8 Å². The van der Waals surface area contributed by atoms with Gasteiger partial charge in [0, 0.05) is 43.9 Å². The van der Waals surface area contributed by atoms with Crippen molar-refractivity contribution in [3.63, 3.8) is 0 Å². The third-order valence-electron chi connectivity index (χ3n) is 12.0. The number of likely N-dealkylation sites (tertiary alicyclic amines) is 1. The first-order valence-electron chi connectivity index (χ1n) is 23.2. The lowest BCUT2D eigenvalue weighted by atomic mass is 9.85. The van der Waals surface area contributed by atoms with Gasteiger partial charge >= 0.3 is 12.4 Å². The number of anilines is 2. The van der Waals surface area contributed by atoms with Crippen LogP contribution in [0.3, 0.4) is 0 Å². The molecule has 4 amide bonds. The van der Waals surface area contributed by atoms with E-state index in [9.17, 15) is 50.3 Å². The van der Waals surface area contributed by atoms with Crippen molar-refractivity contribution < 1.29 is 68.6 Å². The molecule has 1 aliphatic rings. The first kappa shape index (κ1) is 58.6. The Morgan fingerprint density at radius 1 is 0.960 bits per heavy atom. The first-order valence-corrected chi connectivity index (χ1v) is 23.6. The van der Waals surface area contributed by atoms with Gasteiger partial charge < -0.3 is 45.3 Å². The van der Waals surface area contributed by atoms with E-state index in [1.54, 1.807) is 45.0 Å². The lowest BCUT2D eigenvalue weighted by Crippen LogP contribution is -2.58. The topological polar surface area (TPSA) is 200 Å². The van der Waals surface area contributed by atoms with Crippen LogP contribution in [0.25, 0.3) is 11.3 Å². The van der Waals surface area contributed by atoms with Gasteiger partial charge in [0.15, 0.2) is 16.7 Å². The maximum Gasteiger partial charge on any atom is 0.420 e. The summed E-state index contributed by atoms with van der Waals surface area (Å²) < 4.78 is 127. The minimum Gasteiger partial charge on any atom is -0.494 e. The highest BCUT2D eigenvalue weighted by molar-refractivity contribution is 7.80. The monoisotopic (exact) mass is 1070 g/mol. The van der Waals surface area contributed by atoms with Crippen molar-refractivity contribution >= 4 is 58.6 Å². The molecule has 1 unspecified atom stereocenters. The summed E-state index contributed by atoms with van der Waals surface area (Å²) in [5.41, 5.74) is -2.95. The molecule has 1 fully saturated rings. The number of carbonyl (C=O) groups is 5. The zero-order valence-corrected chi connectivity index (χ0v) is 42.4. The van der Waals surface area contributed by atoms with Crippen LogP contribution in [0.2, 0.25) is 0 Å². The van der Waals surface area contributed by atoms with Gasteiger partial charge in [-0.25, -0.2) is 8.78 Å². The first-order chi connectivity index (χ1) is 35.0. The Morgan fingerprint density at radius 3 is 2.21 bits per heavy atom. The van der Waals surface area contributed by atoms with Crippen LogP contribution in [0, 0.1) is 28.4 Å². The molecule has 0 saturated carbocycles. The Balaban J connectivity index is 1.17. The number of ether oxygens (including phenoxy) is 2. The van der Waals surface area contributed by atoms with E-state index in [0.717, 1.165) is 47.3 Å². The smallest absolute Gasteiger partial charge is 0.420 e. The molecular formula is C51H54F8N8O7S. The van der Waals surface area contributed by atoms with Gasteiger partial charge in [0.1, 0.15) is 42.0 Å². The van der Waals surface area contributed by atoms with Gasteiger partial charge in [0.05, 0.1) is 46.9 Å². The molecule has 15 nitrogen and oxygen atoms in total. The Bertz CT molecular complexity index is 2830. The normalized spacial score (nSPS) is 14.4. The van der Waals surface area contributed by atoms with E-state index >= 15 is 8.78 Å². The lowest BCUT2D eigenvalue weighted by Gasteiger charge is -2.39. The molecular weight excluding hydrogens is 1020 g/mol. The number of hydrogen-bond donors (Lipinski definition) is 3. The number of nitrogens with two attached hydrogens (primary N) is 1. The van der Waals surface area contributed by atoms with Crippen molar-refractivity contribution in [2.75, 3.05) is 43.2 Å². The maximum absolute atomic E-state index is 16.0. The number of alkyl halides is 6. The second kappa shape index (κ2) is 24.0. The van der Waals surface area contributed by atoms with E-state index in [0.29, 0.717) is 55.4 Å². The fraction of sp³-hybridized carbons (Fsp3) is 0.412. The van der Waals surface area contributed by atoms with Gasteiger partial charge in [-0.15, -0.1) is 0 Å². The minimum atomic E-state index is -5.29. The Kier molecular flexibility index (Phi) is 18.7. The Hall–Kier alpha value is -7.26. The number of carbonyl (C=O) groups excluding carboxylic acids is 5. The number of pyridine rings is 1. The number of nitriles is 1. The molecule has 24 heteroatoms. The average Bonchev–Trinajstić information content (AvgIpc) is 3.84. The Morgan fingerprint density at radius 2 is 1.63 bits per heavy atom. The van der Waals surface area contributed by atoms with Crippen LogP contribution < -0.4 is 30.9 Å². The number of nitrogens with one attached hydrogen (secondary N) is 2. The van der Waals surface area contributed by atoms with Crippen LogP contribution >= 0.6 is 12.2 Å². The molecule has 5 rings (SSSR count). The number of halogens is 8. The number of amides is 4. The van der Waals surface area contributed by atoms with E-state index in [-0.39, 0.29) is 43.5 Å². The number of aromatic nitrogens is 1. The van der Waals surface area contributed by atoms with Gasteiger partial charge in [0.2, 0.25) is 23.6 Å². The standard InChI is InChI=1S/C51H54F8N8O7S/c1-48(2,3)43(46(72)66-19-9-10-38(66)45(71)63-25-29-11-13-30(14-12-29)44(61)70)64-39(69)27-73-20-7-8-21-74-33-16-17-34(35(23-33)50(54,55)56)42-36(52)22-32(26-62-42)67(49(4,5)28-68)47(75)65(6)37-18-15-31(24-60)40(41(37)53)51(57,58)59/h11-18,22-23,26,28,38,43H,7-10,19-21,25,27H2,1-6H3,(H2,61,70)(H,63,71)(H,64,69)/t38-,43?/m0/s1. The van der Waals surface area contributed by atoms with Gasteiger partial charge in [0.25, 0.3) is 0 Å². The Labute approximate surface area is 432 Å². The average molecular weight is 1080 g/mol. The number of aldehydes is 1. The second-order valence-electron chi connectivity index (χ2n) is 19.1. The summed E-state index contributed by atoms with van der Waals surface area (Å²) in [5.74, 6) is -5.42. The predicted molar refractivity (Wildman–Crippen MR) is 263 cm³/mol. The number of hydrogen-bond acceptors (Lipinski definition) is 10. The molecule has 0 spiro atoms. The highest BCUT2D eigenvalue weighted by atomic mass is 32.1. The highest BCUT2D eigenvalue weighted by Crippen LogP contribution is 2.41. The molecule has 402 valence electrons. The van der Waals surface area contributed by atoms with Crippen molar-refractivity contribution in [1.29, 1.82) is 5.26 Å². The minimum absolute atomic E-state index is 0.0337. The molecule has 4 N–H and O–H groups in total. The molecule has 1 saturated heterocycles. The van der Waals surface area contributed by atoms with Crippen molar-refractivity contribution in [3.05, 3.63) is 106 Å². The van der Waals surface area contributed by atoms with E-state index in [1.807, 2.05) is 0 Å². The van der Waals surface area contributed by atoms with E-state index < -0.39 is 110 Å². The number of rotatable bonds is 19. The zero-order valence-electron chi connectivity index (χ0n) is 41.5. The van der Waals surface area contributed by atoms with Crippen LogP contribution in [0.15, 0.2) is 66.9 Å². The molecule has 0 radical (unpaired) electrons. The van der Waals surface area contributed by atoms with Gasteiger partial charge in [-0.3, -0.25) is 24.2 Å². The fourth-order valence-electron chi connectivity index (χ4n) is 8.07.